The van der Waals surface area contributed by atoms with Crippen LogP contribution in [0.5, 0.6) is 0 Å². The molecule has 0 spiro atoms. The zero-order valence-corrected chi connectivity index (χ0v) is 10.1. The summed E-state index contributed by atoms with van der Waals surface area (Å²) >= 11 is 0. The molecule has 1 aliphatic rings. The van der Waals surface area contributed by atoms with E-state index in [1.54, 1.807) is 0 Å². The molecule has 4 amide bonds. The number of carboxylic acid groups (broad SMARTS) is 1. The van der Waals surface area contributed by atoms with Gasteiger partial charge in [0.2, 0.25) is 11.8 Å². The van der Waals surface area contributed by atoms with Gasteiger partial charge in [0.15, 0.2) is 0 Å². The van der Waals surface area contributed by atoms with Crippen molar-refractivity contribution in [3.8, 4) is 0 Å². The van der Waals surface area contributed by atoms with Gasteiger partial charge in [-0.15, -0.1) is 0 Å². The van der Waals surface area contributed by atoms with E-state index in [1.165, 1.54) is 12.3 Å². The van der Waals surface area contributed by atoms with Gasteiger partial charge in [0.1, 0.15) is 13.1 Å². The van der Waals surface area contributed by atoms with E-state index in [4.69, 9.17) is 5.11 Å². The molecule has 0 aliphatic carbocycles. The summed E-state index contributed by atoms with van der Waals surface area (Å²) in [6, 6.07) is 0.538. The van der Waals surface area contributed by atoms with Gasteiger partial charge in [-0.25, -0.2) is 9.59 Å². The van der Waals surface area contributed by atoms with E-state index < -0.39 is 23.8 Å². The zero-order chi connectivity index (χ0) is 14.7. The van der Waals surface area contributed by atoms with Crippen LogP contribution in [-0.4, -0.2) is 51.9 Å². The van der Waals surface area contributed by atoms with E-state index in [-0.39, 0.29) is 24.3 Å². The van der Waals surface area contributed by atoms with Crippen LogP contribution in [0.4, 0.5) is 10.5 Å². The van der Waals surface area contributed by atoms with E-state index in [0.29, 0.717) is 0 Å². The summed E-state index contributed by atoms with van der Waals surface area (Å²) in [5.74, 6) is -2.33. The first-order valence-electron chi connectivity index (χ1n) is 5.52. The number of carboxylic acids is 1. The van der Waals surface area contributed by atoms with Gasteiger partial charge in [0.05, 0.1) is 17.4 Å². The molecular formula is C11H10N4O5. The molecule has 1 aromatic heterocycles. The molecule has 0 aromatic carbocycles. The van der Waals surface area contributed by atoms with Crippen molar-refractivity contribution in [2.45, 2.75) is 0 Å². The summed E-state index contributed by atoms with van der Waals surface area (Å²) in [6.45, 7) is -0.493. The monoisotopic (exact) mass is 278 g/mol. The van der Waals surface area contributed by atoms with Gasteiger partial charge in [-0.1, -0.05) is 0 Å². The molecule has 1 aromatic rings. The molecule has 0 saturated carbocycles. The first kappa shape index (κ1) is 13.5. The second kappa shape index (κ2) is 5.34. The van der Waals surface area contributed by atoms with Crippen molar-refractivity contribution >= 4 is 29.5 Å². The number of urea groups is 1. The Morgan fingerprint density at radius 3 is 2.50 bits per heavy atom. The molecule has 9 heteroatoms. The van der Waals surface area contributed by atoms with E-state index >= 15 is 0 Å². The Balaban J connectivity index is 2.07. The Morgan fingerprint density at radius 1 is 1.25 bits per heavy atom. The van der Waals surface area contributed by atoms with E-state index in [1.807, 2.05) is 0 Å². The fraction of sp³-hybridized carbons (Fsp3) is 0.182. The maximum absolute atomic E-state index is 11.8. The van der Waals surface area contributed by atoms with Crippen LogP contribution in [0.1, 0.15) is 10.4 Å². The molecular weight excluding hydrogens is 268 g/mol. The topological polar surface area (TPSA) is 129 Å². The van der Waals surface area contributed by atoms with Crippen LogP contribution in [0.15, 0.2) is 18.5 Å². The lowest BCUT2D eigenvalue weighted by atomic mass is 10.2. The van der Waals surface area contributed by atoms with Crippen molar-refractivity contribution in [2.24, 2.45) is 0 Å². The largest absolute Gasteiger partial charge is 0.478 e. The number of piperazine rings is 1. The van der Waals surface area contributed by atoms with E-state index in [2.05, 4.69) is 15.6 Å². The van der Waals surface area contributed by atoms with Crippen molar-refractivity contribution < 1.29 is 24.3 Å². The lowest BCUT2D eigenvalue weighted by Crippen LogP contribution is -2.54. The van der Waals surface area contributed by atoms with E-state index in [9.17, 15) is 19.2 Å². The van der Waals surface area contributed by atoms with Crippen molar-refractivity contribution in [3.05, 3.63) is 24.0 Å². The minimum absolute atomic E-state index is 0.0877. The highest BCUT2D eigenvalue weighted by molar-refractivity contribution is 6.04. The third kappa shape index (κ3) is 3.07. The van der Waals surface area contributed by atoms with Crippen molar-refractivity contribution in [1.82, 2.24) is 15.2 Å². The second-order valence-corrected chi connectivity index (χ2v) is 4.03. The van der Waals surface area contributed by atoms with Crippen LogP contribution in [0.3, 0.4) is 0 Å². The van der Waals surface area contributed by atoms with Gasteiger partial charge in [0, 0.05) is 6.20 Å². The molecule has 1 aliphatic heterocycles. The lowest BCUT2D eigenvalue weighted by molar-refractivity contribution is -0.134. The zero-order valence-electron chi connectivity index (χ0n) is 10.1. The van der Waals surface area contributed by atoms with Crippen LogP contribution in [0, 0.1) is 0 Å². The molecule has 0 radical (unpaired) electrons. The fourth-order valence-electron chi connectivity index (χ4n) is 1.61. The highest BCUT2D eigenvalue weighted by atomic mass is 16.4. The molecule has 1 saturated heterocycles. The maximum atomic E-state index is 11.8. The number of rotatable bonds is 2. The molecule has 9 nitrogen and oxygen atoms in total. The summed E-state index contributed by atoms with van der Waals surface area (Å²) in [7, 11) is 0. The Morgan fingerprint density at radius 2 is 1.90 bits per heavy atom. The molecule has 2 rings (SSSR count). The molecule has 0 unspecified atom stereocenters. The minimum atomic E-state index is -1.18. The average Bonchev–Trinajstić information content (AvgIpc) is 2.37. The van der Waals surface area contributed by atoms with Crippen molar-refractivity contribution in [3.63, 3.8) is 0 Å². The number of nitrogens with one attached hydrogen (secondary N) is 2. The molecule has 20 heavy (non-hydrogen) atoms. The first-order valence-corrected chi connectivity index (χ1v) is 5.52. The predicted octanol–water partition coefficient (Wildman–Crippen LogP) is -0.730. The fourth-order valence-corrected chi connectivity index (χ4v) is 1.61. The standard InChI is InChI=1S/C11H10N4O5/c16-8-4-15(5-9(17)14-8)11(20)13-7-1-6(10(18)19)2-12-3-7/h1-3H,4-5H2,(H,13,20)(H,18,19)(H,14,16,17). The second-order valence-electron chi connectivity index (χ2n) is 4.03. The quantitative estimate of drug-likeness (QED) is 0.612. The van der Waals surface area contributed by atoms with Crippen LogP contribution >= 0.6 is 0 Å². The van der Waals surface area contributed by atoms with Gasteiger partial charge in [0.25, 0.3) is 0 Å². The number of aromatic nitrogens is 1. The summed E-state index contributed by atoms with van der Waals surface area (Å²) in [5, 5.41) is 13.2. The Kier molecular flexibility index (Phi) is 3.60. The third-order valence-electron chi connectivity index (χ3n) is 2.47. The van der Waals surface area contributed by atoms with Crippen molar-refractivity contribution in [1.29, 1.82) is 0 Å². The van der Waals surface area contributed by atoms with Gasteiger partial charge < -0.3 is 15.3 Å². The molecule has 0 bridgehead atoms. The van der Waals surface area contributed by atoms with Gasteiger partial charge in [-0.05, 0) is 6.07 Å². The lowest BCUT2D eigenvalue weighted by Gasteiger charge is -2.25. The number of aromatic carboxylic acids is 1. The van der Waals surface area contributed by atoms with Gasteiger partial charge in [-0.3, -0.25) is 19.9 Å². The van der Waals surface area contributed by atoms with Crippen molar-refractivity contribution in [2.75, 3.05) is 18.4 Å². The van der Waals surface area contributed by atoms with E-state index in [0.717, 1.165) is 11.1 Å². The summed E-state index contributed by atoms with van der Waals surface area (Å²) < 4.78 is 0. The van der Waals surface area contributed by atoms with Gasteiger partial charge in [-0.2, -0.15) is 0 Å². The number of pyridine rings is 1. The number of imide groups is 1. The molecule has 1 fully saturated rings. The Hall–Kier alpha value is -2.97. The summed E-state index contributed by atoms with van der Waals surface area (Å²) in [5.41, 5.74) is 0.0728. The number of anilines is 1. The highest BCUT2D eigenvalue weighted by Crippen LogP contribution is 2.10. The van der Waals surface area contributed by atoms with Gasteiger partial charge >= 0.3 is 12.0 Å². The molecule has 104 valence electrons. The number of carbonyl (C=O) groups excluding carboxylic acids is 3. The maximum Gasteiger partial charge on any atom is 0.337 e. The normalized spacial score (nSPS) is 14.7. The summed E-state index contributed by atoms with van der Waals surface area (Å²) in [4.78, 5) is 49.6. The van der Waals surface area contributed by atoms with Crippen LogP contribution in [-0.2, 0) is 9.59 Å². The highest BCUT2D eigenvalue weighted by Gasteiger charge is 2.26. The predicted molar refractivity (Wildman–Crippen MR) is 64.9 cm³/mol. The average molecular weight is 278 g/mol. The van der Waals surface area contributed by atoms with Crippen LogP contribution in [0.2, 0.25) is 0 Å². The van der Waals surface area contributed by atoms with Crippen LogP contribution in [0.25, 0.3) is 0 Å². The Bertz CT molecular complexity index is 584. The number of nitrogens with zero attached hydrogens (tertiary/aromatic N) is 2. The third-order valence-corrected chi connectivity index (χ3v) is 2.47. The van der Waals surface area contributed by atoms with Crippen LogP contribution < -0.4 is 10.6 Å². The SMILES string of the molecule is O=C1CN(C(=O)Nc2cncc(C(=O)O)c2)CC(=O)N1. The number of amides is 4. The Labute approximate surface area is 112 Å². The molecule has 2 heterocycles. The number of hydrogen-bond donors (Lipinski definition) is 3. The minimum Gasteiger partial charge on any atom is -0.478 e. The number of hydrogen-bond acceptors (Lipinski definition) is 5. The summed E-state index contributed by atoms with van der Waals surface area (Å²) in [6.07, 6.45) is 2.39. The molecule has 3 N–H and O–H groups in total. The molecule has 0 atom stereocenters. The first-order chi connectivity index (χ1) is 9.45. The number of carbonyl (C=O) groups is 4. The smallest absolute Gasteiger partial charge is 0.337 e.